The topological polar surface area (TPSA) is 68.0 Å². The van der Waals surface area contributed by atoms with E-state index < -0.39 is 0 Å². The maximum absolute atomic E-state index is 12.7. The normalized spacial score (nSPS) is 11.1. The molecule has 30 heavy (non-hydrogen) atoms. The molecule has 0 saturated heterocycles. The second kappa shape index (κ2) is 7.79. The van der Waals surface area contributed by atoms with E-state index in [1.54, 1.807) is 18.5 Å². The number of hydrogen-bond donors (Lipinski definition) is 1. The number of fused-ring (bicyclic) bond motifs is 2. The lowest BCUT2D eigenvalue weighted by Gasteiger charge is -2.07. The fourth-order valence-electron chi connectivity index (χ4n) is 3.52. The number of carbonyl (C=O) groups is 1. The Hall–Kier alpha value is -3.99. The highest BCUT2D eigenvalue weighted by atomic mass is 16.3. The highest BCUT2D eigenvalue weighted by molar-refractivity contribution is 5.98. The van der Waals surface area contributed by atoms with E-state index in [4.69, 9.17) is 4.42 Å². The van der Waals surface area contributed by atoms with Gasteiger partial charge in [-0.05, 0) is 36.2 Å². The molecule has 3 heterocycles. The Morgan fingerprint density at radius 3 is 2.60 bits per heavy atom. The summed E-state index contributed by atoms with van der Waals surface area (Å²) < 4.78 is 6.00. The number of nitrogens with zero attached hydrogens (tertiary/aromatic N) is 2. The zero-order valence-electron chi connectivity index (χ0n) is 16.2. The van der Waals surface area contributed by atoms with Crippen LogP contribution in [0.1, 0.15) is 16.1 Å². The Bertz CT molecular complexity index is 1310. The number of pyridine rings is 2. The van der Waals surface area contributed by atoms with Gasteiger partial charge in [-0.1, -0.05) is 48.5 Å². The standard InChI is InChI=1S/C25H19N3O2/c29-25(27-13-12-17-6-2-1-3-7-17)21-11-10-19-15-26-16-20(24(19)28-21)23-14-18-8-4-5-9-22(18)30-23/h1-11,14-16H,12-13H2,(H,27,29). The van der Waals surface area contributed by atoms with Crippen LogP contribution in [0, 0.1) is 0 Å². The molecule has 0 aliphatic carbocycles. The Kier molecular flexibility index (Phi) is 4.69. The van der Waals surface area contributed by atoms with Crippen LogP contribution in [0.2, 0.25) is 0 Å². The summed E-state index contributed by atoms with van der Waals surface area (Å²) in [5, 5.41) is 4.82. The molecule has 0 bridgehead atoms. The van der Waals surface area contributed by atoms with Crippen molar-refractivity contribution in [3.05, 3.63) is 96.4 Å². The summed E-state index contributed by atoms with van der Waals surface area (Å²) in [6.45, 7) is 0.551. The molecule has 3 aromatic heterocycles. The molecule has 0 saturated carbocycles. The van der Waals surface area contributed by atoms with Gasteiger partial charge in [0.25, 0.3) is 5.91 Å². The quantitative estimate of drug-likeness (QED) is 0.455. The molecular weight excluding hydrogens is 374 g/mol. The van der Waals surface area contributed by atoms with E-state index in [9.17, 15) is 4.79 Å². The first-order chi connectivity index (χ1) is 14.8. The van der Waals surface area contributed by atoms with Crippen molar-refractivity contribution in [3.8, 4) is 11.3 Å². The van der Waals surface area contributed by atoms with Crippen molar-refractivity contribution >= 4 is 27.8 Å². The van der Waals surface area contributed by atoms with E-state index in [0.717, 1.165) is 28.3 Å². The van der Waals surface area contributed by atoms with Crippen LogP contribution >= 0.6 is 0 Å². The average Bonchev–Trinajstić information content (AvgIpc) is 3.23. The number of benzene rings is 2. The molecule has 0 aliphatic heterocycles. The van der Waals surface area contributed by atoms with Gasteiger partial charge in [0.1, 0.15) is 17.0 Å². The van der Waals surface area contributed by atoms with Crippen molar-refractivity contribution in [1.82, 2.24) is 15.3 Å². The van der Waals surface area contributed by atoms with Crippen LogP contribution in [0.25, 0.3) is 33.2 Å². The van der Waals surface area contributed by atoms with Gasteiger partial charge in [0.05, 0.1) is 11.1 Å². The minimum absolute atomic E-state index is 0.194. The third-order valence-corrected chi connectivity index (χ3v) is 5.06. The first kappa shape index (κ1) is 18.1. The van der Waals surface area contributed by atoms with Crippen LogP contribution in [-0.4, -0.2) is 22.4 Å². The summed E-state index contributed by atoms with van der Waals surface area (Å²) in [6.07, 6.45) is 4.24. The maximum atomic E-state index is 12.7. The van der Waals surface area contributed by atoms with E-state index in [0.29, 0.717) is 23.5 Å². The van der Waals surface area contributed by atoms with Gasteiger partial charge >= 0.3 is 0 Å². The first-order valence-corrected chi connectivity index (χ1v) is 9.84. The number of hydrogen-bond acceptors (Lipinski definition) is 4. The summed E-state index contributed by atoms with van der Waals surface area (Å²) in [5.41, 5.74) is 3.82. The lowest BCUT2D eigenvalue weighted by Crippen LogP contribution is -2.26. The van der Waals surface area contributed by atoms with E-state index in [1.807, 2.05) is 66.7 Å². The summed E-state index contributed by atoms with van der Waals surface area (Å²) in [4.78, 5) is 21.6. The van der Waals surface area contributed by atoms with Crippen LogP contribution in [-0.2, 0) is 6.42 Å². The monoisotopic (exact) mass is 393 g/mol. The molecule has 0 unspecified atom stereocenters. The Morgan fingerprint density at radius 2 is 1.73 bits per heavy atom. The molecule has 2 aromatic carbocycles. The molecule has 0 spiro atoms. The number of amides is 1. The van der Waals surface area contributed by atoms with Crippen LogP contribution in [0.15, 0.2) is 89.6 Å². The van der Waals surface area contributed by atoms with Crippen LogP contribution in [0.5, 0.6) is 0 Å². The third-order valence-electron chi connectivity index (χ3n) is 5.06. The number of carbonyl (C=O) groups excluding carboxylic acids is 1. The lowest BCUT2D eigenvalue weighted by atomic mass is 10.1. The smallest absolute Gasteiger partial charge is 0.269 e. The predicted molar refractivity (Wildman–Crippen MR) is 117 cm³/mol. The zero-order valence-corrected chi connectivity index (χ0v) is 16.2. The SMILES string of the molecule is O=C(NCCc1ccccc1)c1ccc2cncc(-c3cc4ccccc4o3)c2n1. The molecule has 0 atom stereocenters. The molecule has 0 fully saturated rings. The van der Waals surface area contributed by atoms with Gasteiger partial charge in [-0.15, -0.1) is 0 Å². The van der Waals surface area contributed by atoms with Crippen molar-refractivity contribution in [2.45, 2.75) is 6.42 Å². The van der Waals surface area contributed by atoms with Gasteiger partial charge in [-0.2, -0.15) is 0 Å². The molecule has 5 nitrogen and oxygen atoms in total. The van der Waals surface area contributed by atoms with Crippen molar-refractivity contribution in [2.75, 3.05) is 6.54 Å². The van der Waals surface area contributed by atoms with Crippen molar-refractivity contribution in [3.63, 3.8) is 0 Å². The minimum atomic E-state index is -0.194. The van der Waals surface area contributed by atoms with Crippen LogP contribution in [0.4, 0.5) is 0 Å². The van der Waals surface area contributed by atoms with E-state index in [1.165, 1.54) is 5.56 Å². The van der Waals surface area contributed by atoms with Gasteiger partial charge < -0.3 is 9.73 Å². The molecule has 0 radical (unpaired) electrons. The molecule has 1 N–H and O–H groups in total. The fourth-order valence-corrected chi connectivity index (χ4v) is 3.52. The van der Waals surface area contributed by atoms with E-state index >= 15 is 0 Å². The maximum Gasteiger partial charge on any atom is 0.269 e. The Labute approximate surface area is 173 Å². The number of furan rings is 1. The van der Waals surface area contributed by atoms with E-state index in [2.05, 4.69) is 15.3 Å². The molecule has 1 amide bonds. The summed E-state index contributed by atoms with van der Waals surface area (Å²) in [7, 11) is 0. The molecule has 146 valence electrons. The van der Waals surface area contributed by atoms with Crippen molar-refractivity contribution in [2.24, 2.45) is 0 Å². The van der Waals surface area contributed by atoms with E-state index in [-0.39, 0.29) is 5.91 Å². The average molecular weight is 393 g/mol. The molecule has 5 heteroatoms. The van der Waals surface area contributed by atoms with Gasteiger partial charge in [-0.25, -0.2) is 4.98 Å². The number of para-hydroxylation sites is 1. The lowest BCUT2D eigenvalue weighted by molar-refractivity contribution is 0.0949. The minimum Gasteiger partial charge on any atom is -0.456 e. The Morgan fingerprint density at radius 1 is 0.900 bits per heavy atom. The van der Waals surface area contributed by atoms with Crippen molar-refractivity contribution < 1.29 is 9.21 Å². The second-order valence-corrected chi connectivity index (χ2v) is 7.10. The number of rotatable bonds is 5. The molecule has 5 aromatic rings. The molecule has 0 aliphatic rings. The van der Waals surface area contributed by atoms with Gasteiger partial charge in [-0.3, -0.25) is 9.78 Å². The summed E-state index contributed by atoms with van der Waals surface area (Å²) in [6, 6.07) is 23.5. The second-order valence-electron chi connectivity index (χ2n) is 7.10. The highest BCUT2D eigenvalue weighted by Gasteiger charge is 2.14. The van der Waals surface area contributed by atoms with Gasteiger partial charge in [0, 0.05) is 29.7 Å². The van der Waals surface area contributed by atoms with Crippen molar-refractivity contribution in [1.29, 1.82) is 0 Å². The zero-order chi connectivity index (χ0) is 20.3. The number of nitrogens with one attached hydrogen (secondary N) is 1. The van der Waals surface area contributed by atoms with Crippen LogP contribution < -0.4 is 5.32 Å². The van der Waals surface area contributed by atoms with Gasteiger partial charge in [0.15, 0.2) is 0 Å². The fraction of sp³-hybridized carbons (Fsp3) is 0.0800. The summed E-state index contributed by atoms with van der Waals surface area (Å²) in [5.74, 6) is 0.489. The number of aromatic nitrogens is 2. The third kappa shape index (κ3) is 3.53. The Balaban J connectivity index is 1.43. The van der Waals surface area contributed by atoms with Gasteiger partial charge in [0.2, 0.25) is 0 Å². The largest absolute Gasteiger partial charge is 0.456 e. The van der Waals surface area contributed by atoms with Crippen LogP contribution in [0.3, 0.4) is 0 Å². The predicted octanol–water partition coefficient (Wildman–Crippen LogP) is 5.02. The molecule has 5 rings (SSSR count). The molecular formula is C25H19N3O2. The highest BCUT2D eigenvalue weighted by Crippen LogP contribution is 2.31. The first-order valence-electron chi connectivity index (χ1n) is 9.84. The summed E-state index contributed by atoms with van der Waals surface area (Å²) >= 11 is 0.